The molecule has 6 aliphatic rings. The fourth-order valence-electron chi connectivity index (χ4n) is 10.4. The highest BCUT2D eigenvalue weighted by atomic mass is 16.4. The molecule has 0 saturated carbocycles. The molecular formula is C68H56N4O9. The van der Waals surface area contributed by atoms with E-state index in [1.165, 1.54) is 0 Å². The van der Waals surface area contributed by atoms with Crippen LogP contribution < -0.4 is 21.4 Å². The number of carboxylic acids is 3. The van der Waals surface area contributed by atoms with Gasteiger partial charge in [0.25, 0.3) is 0 Å². The Hall–Kier alpha value is -10.4. The Morgan fingerprint density at radius 2 is 0.864 bits per heavy atom. The summed E-state index contributed by atoms with van der Waals surface area (Å²) in [5.41, 5.74) is 14.9. The number of aryl methyl sites for hydroxylation is 4. The second-order valence-corrected chi connectivity index (χ2v) is 19.7. The fourth-order valence-corrected chi connectivity index (χ4v) is 10.4. The van der Waals surface area contributed by atoms with Crippen LogP contribution in [0.15, 0.2) is 188 Å². The molecule has 6 aromatic carbocycles. The molecule has 0 aromatic heterocycles. The Bertz CT molecular complexity index is 4380. The number of carboxylic acid groups (broad SMARTS) is 3. The summed E-state index contributed by atoms with van der Waals surface area (Å²) in [6, 6.07) is 51.2. The molecule has 0 fully saturated rings. The Balaban J connectivity index is 0.000000137. The first-order valence-corrected chi connectivity index (χ1v) is 26.3. The average molecular weight is 1070 g/mol. The highest BCUT2D eigenvalue weighted by Gasteiger charge is 2.25. The minimum atomic E-state index is -0.970. The normalized spacial score (nSPS) is 11.4. The Kier molecular flexibility index (Phi) is 15.0. The van der Waals surface area contributed by atoms with Gasteiger partial charge in [0.15, 0.2) is 0 Å². The zero-order valence-electron chi connectivity index (χ0n) is 45.3. The molecule has 3 aliphatic heterocycles. The highest BCUT2D eigenvalue weighted by Crippen LogP contribution is 2.45. The van der Waals surface area contributed by atoms with Crippen molar-refractivity contribution in [1.29, 1.82) is 10.8 Å². The molecular weight excluding hydrogens is 1020 g/mol. The lowest BCUT2D eigenvalue weighted by molar-refractivity contribution is 0.0687. The molecule has 0 unspecified atom stereocenters. The average Bonchev–Trinajstić information content (AvgIpc) is 3.27. The Morgan fingerprint density at radius 3 is 1.30 bits per heavy atom. The largest absolute Gasteiger partial charge is 0.478 e. The van der Waals surface area contributed by atoms with Gasteiger partial charge in [-0.25, -0.2) is 14.4 Å². The van der Waals surface area contributed by atoms with Gasteiger partial charge in [0.2, 0.25) is 0 Å². The summed E-state index contributed by atoms with van der Waals surface area (Å²) in [5.74, 6) is -1.06. The summed E-state index contributed by atoms with van der Waals surface area (Å²) < 4.78 is 18.4. The summed E-state index contributed by atoms with van der Waals surface area (Å²) in [6.07, 6.45) is 0. The predicted octanol–water partition coefficient (Wildman–Crippen LogP) is 15.3. The fraction of sp³-hybridized carbons (Fsp3) is 0.118. The van der Waals surface area contributed by atoms with Gasteiger partial charge < -0.3 is 44.7 Å². The molecule has 13 nitrogen and oxygen atoms in total. The van der Waals surface area contributed by atoms with E-state index < -0.39 is 17.9 Å². The topological polar surface area (TPSA) is 223 Å². The predicted molar refractivity (Wildman–Crippen MR) is 317 cm³/mol. The molecule has 13 heteroatoms. The van der Waals surface area contributed by atoms with Crippen LogP contribution in [0.2, 0.25) is 0 Å². The molecule has 402 valence electrons. The van der Waals surface area contributed by atoms with Gasteiger partial charge in [-0.3, -0.25) is 4.99 Å². The first-order valence-electron chi connectivity index (χ1n) is 26.3. The molecule has 0 atom stereocenters. The van der Waals surface area contributed by atoms with E-state index in [4.69, 9.17) is 24.1 Å². The summed E-state index contributed by atoms with van der Waals surface area (Å²) >= 11 is 0. The van der Waals surface area contributed by atoms with E-state index in [0.717, 1.165) is 89.4 Å². The third kappa shape index (κ3) is 10.7. The van der Waals surface area contributed by atoms with Crippen molar-refractivity contribution in [2.24, 2.45) is 4.99 Å². The van der Waals surface area contributed by atoms with E-state index in [1.807, 2.05) is 138 Å². The molecule has 81 heavy (non-hydrogen) atoms. The van der Waals surface area contributed by atoms with Crippen LogP contribution in [0.5, 0.6) is 0 Å². The van der Waals surface area contributed by atoms with Crippen LogP contribution in [0, 0.1) is 38.5 Å². The number of rotatable bonds is 9. The quantitative estimate of drug-likeness (QED) is 0.0750. The van der Waals surface area contributed by atoms with Crippen molar-refractivity contribution in [3.8, 4) is 67.4 Å². The number of nitrogens with one attached hydrogen (secondary N) is 3. The van der Waals surface area contributed by atoms with Crippen molar-refractivity contribution in [2.75, 3.05) is 18.4 Å². The molecule has 0 bridgehead atoms. The van der Waals surface area contributed by atoms with E-state index in [-0.39, 0.29) is 16.7 Å². The first-order chi connectivity index (χ1) is 39.0. The van der Waals surface area contributed by atoms with E-state index in [1.54, 1.807) is 60.7 Å². The monoisotopic (exact) mass is 1070 g/mol. The van der Waals surface area contributed by atoms with Crippen LogP contribution in [0.1, 0.15) is 67.2 Å². The Labute approximate surface area is 465 Å². The number of benzene rings is 9. The first kappa shape index (κ1) is 54.0. The van der Waals surface area contributed by atoms with Crippen LogP contribution in [-0.4, -0.2) is 46.3 Å². The van der Waals surface area contributed by atoms with E-state index in [2.05, 4.69) is 23.3 Å². The van der Waals surface area contributed by atoms with Gasteiger partial charge in [-0.15, -0.1) is 0 Å². The maximum Gasteiger partial charge on any atom is 0.336 e. The van der Waals surface area contributed by atoms with Crippen molar-refractivity contribution in [3.63, 3.8) is 0 Å². The Morgan fingerprint density at radius 1 is 0.444 bits per heavy atom. The van der Waals surface area contributed by atoms with Gasteiger partial charge in [0.05, 0.1) is 32.8 Å². The molecule has 12 rings (SSSR count). The van der Waals surface area contributed by atoms with Crippen molar-refractivity contribution in [2.45, 2.75) is 41.5 Å². The molecule has 3 heterocycles. The number of nitrogens with zero attached hydrogens (tertiary/aromatic N) is 1. The number of fused-ring (bicyclic) bond motifs is 6. The summed E-state index contributed by atoms with van der Waals surface area (Å²) in [5, 5.41) is 52.3. The molecule has 0 saturated heterocycles. The van der Waals surface area contributed by atoms with Crippen molar-refractivity contribution in [3.05, 3.63) is 225 Å². The second-order valence-electron chi connectivity index (χ2n) is 19.7. The van der Waals surface area contributed by atoms with Crippen LogP contribution >= 0.6 is 0 Å². The van der Waals surface area contributed by atoms with Crippen LogP contribution in [-0.2, 0) is 0 Å². The van der Waals surface area contributed by atoms with Crippen molar-refractivity contribution in [1.82, 2.24) is 0 Å². The molecule has 6 N–H and O–H groups in total. The lowest BCUT2D eigenvalue weighted by atomic mass is 9.89. The van der Waals surface area contributed by atoms with Gasteiger partial charge >= 0.3 is 17.9 Å². The number of carbonyl (C=O) groups is 3. The van der Waals surface area contributed by atoms with Gasteiger partial charge in [0.1, 0.15) is 34.0 Å². The molecule has 0 spiro atoms. The van der Waals surface area contributed by atoms with Gasteiger partial charge in [-0.2, -0.15) is 0 Å². The third-order valence-corrected chi connectivity index (χ3v) is 14.1. The maximum atomic E-state index is 12.0. The molecule has 0 radical (unpaired) electrons. The summed E-state index contributed by atoms with van der Waals surface area (Å²) in [4.78, 5) is 40.1. The van der Waals surface area contributed by atoms with Crippen LogP contribution in [0.4, 0.5) is 5.69 Å². The summed E-state index contributed by atoms with van der Waals surface area (Å²) in [7, 11) is 0. The zero-order chi connectivity index (χ0) is 57.2. The van der Waals surface area contributed by atoms with Gasteiger partial charge in [-0.05, 0) is 147 Å². The summed E-state index contributed by atoms with van der Waals surface area (Å²) in [6.45, 7) is 13.5. The number of anilines is 1. The maximum absolute atomic E-state index is 12.0. The van der Waals surface area contributed by atoms with Gasteiger partial charge in [0, 0.05) is 92.6 Å². The lowest BCUT2D eigenvalue weighted by Crippen LogP contribution is -2.09. The number of aromatic carboxylic acids is 3. The standard InChI is InChI=1S/C26H26N2O3.2C21H15NO3/c1-5-27-21-13-23-19(11-15(21)3)25(17-9-7-8-10-18(17)26(29)30)20-12-16(4)22(28-6-2)14-24(20)31-23;2*1-12-6-8-16-18(10-12)25-19-11-13(22)7-9-17(19)20(16)14-4-2-3-5-15(14)21(23)24/h7-14,27H,5-6H2,1-4H3,(H,29,30);2*2-11,22H,1H3,(H,23,24). The molecule has 6 aromatic rings. The minimum absolute atomic E-state index is 0.242. The second kappa shape index (κ2) is 22.5. The number of hydrogen-bond acceptors (Lipinski definition) is 10. The van der Waals surface area contributed by atoms with Gasteiger partial charge in [-0.1, -0.05) is 78.9 Å². The smallest absolute Gasteiger partial charge is 0.336 e. The lowest BCUT2D eigenvalue weighted by Gasteiger charge is -2.19. The van der Waals surface area contributed by atoms with Crippen molar-refractivity contribution < 1.29 is 43.0 Å². The van der Waals surface area contributed by atoms with E-state index in [9.17, 15) is 29.7 Å². The minimum Gasteiger partial charge on any atom is -0.478 e. The van der Waals surface area contributed by atoms with Crippen LogP contribution in [0.3, 0.4) is 0 Å². The zero-order valence-corrected chi connectivity index (χ0v) is 45.3. The highest BCUT2D eigenvalue weighted by molar-refractivity contribution is 6.10. The molecule has 3 aliphatic carbocycles. The number of hydrogen-bond donors (Lipinski definition) is 6. The van der Waals surface area contributed by atoms with E-state index in [0.29, 0.717) is 68.0 Å². The van der Waals surface area contributed by atoms with Crippen LogP contribution in [0.25, 0.3) is 100 Å². The van der Waals surface area contributed by atoms with Crippen molar-refractivity contribution >= 4 is 56.5 Å². The van der Waals surface area contributed by atoms with E-state index >= 15 is 0 Å². The SMILES string of the molecule is CCN=c1cc2oc3cc(NCC)c(C)cc3c(-c3ccccc3C(=O)O)c-2cc1C.Cc1ccc2c(-c3ccccc3C(=O)O)c3ccc(=N)cc-3oc2c1.Cc1ccc2c(-c3ccccc3C(=O)O)c3ccc(=N)cc-3oc2c1. The third-order valence-electron chi connectivity index (χ3n) is 14.1. The molecule has 0 amide bonds.